The van der Waals surface area contributed by atoms with Crippen LogP contribution in [0.1, 0.15) is 5.69 Å². The third-order valence-electron chi connectivity index (χ3n) is 2.38. The number of anilines is 2. The predicted molar refractivity (Wildman–Crippen MR) is 73.4 cm³/mol. The fourth-order valence-electron chi connectivity index (χ4n) is 1.61. The quantitative estimate of drug-likeness (QED) is 0.540. The van der Waals surface area contributed by atoms with Crippen LogP contribution in [0.4, 0.5) is 11.6 Å². The van der Waals surface area contributed by atoms with E-state index in [1.54, 1.807) is 6.20 Å². The summed E-state index contributed by atoms with van der Waals surface area (Å²) in [6, 6.07) is 3.38. The summed E-state index contributed by atoms with van der Waals surface area (Å²) in [5.41, 5.74) is 12.1. The van der Waals surface area contributed by atoms with Gasteiger partial charge in [-0.25, -0.2) is 19.9 Å². The van der Waals surface area contributed by atoms with Crippen molar-refractivity contribution in [3.8, 4) is 0 Å². The van der Waals surface area contributed by atoms with Crippen LogP contribution in [0.15, 0.2) is 35.9 Å². The van der Waals surface area contributed by atoms with Crippen LogP contribution in [0, 0.1) is 0 Å². The average molecular weight is 273 g/mol. The lowest BCUT2D eigenvalue weighted by molar-refractivity contribution is 0.982. The van der Waals surface area contributed by atoms with Crippen LogP contribution in [-0.2, 0) is 5.75 Å². The molecule has 19 heavy (non-hydrogen) atoms. The molecule has 0 spiro atoms. The largest absolute Gasteiger partial charge is 0.383 e. The summed E-state index contributed by atoms with van der Waals surface area (Å²) in [5, 5.41) is 0.544. The SMILES string of the molecule is Nc1cc(N)nc(SCc2cn3cccnc3n2)n1. The standard InChI is InChI=1S/C11H11N7S/c12-8-4-9(13)17-11(16-8)19-6-7-5-18-3-1-2-14-10(18)15-7/h1-5H,6H2,(H4,12,13,16,17). The molecule has 96 valence electrons. The number of hydrogen-bond acceptors (Lipinski definition) is 7. The number of imidazole rings is 1. The van der Waals surface area contributed by atoms with Crippen LogP contribution < -0.4 is 11.5 Å². The molecule has 0 aromatic carbocycles. The van der Waals surface area contributed by atoms with Gasteiger partial charge in [-0.3, -0.25) is 4.40 Å². The van der Waals surface area contributed by atoms with E-state index < -0.39 is 0 Å². The van der Waals surface area contributed by atoms with Crippen molar-refractivity contribution in [1.29, 1.82) is 0 Å². The third-order valence-corrected chi connectivity index (χ3v) is 3.26. The third kappa shape index (κ3) is 2.58. The van der Waals surface area contributed by atoms with Crippen LogP contribution in [0.25, 0.3) is 5.78 Å². The van der Waals surface area contributed by atoms with E-state index in [2.05, 4.69) is 19.9 Å². The summed E-state index contributed by atoms with van der Waals surface area (Å²) in [6.45, 7) is 0. The van der Waals surface area contributed by atoms with Crippen molar-refractivity contribution < 1.29 is 0 Å². The van der Waals surface area contributed by atoms with Gasteiger partial charge in [0.1, 0.15) is 11.6 Å². The van der Waals surface area contributed by atoms with Gasteiger partial charge in [0, 0.05) is 30.4 Å². The molecule has 0 radical (unpaired) electrons. The number of hydrogen-bond donors (Lipinski definition) is 2. The van der Waals surface area contributed by atoms with Crippen LogP contribution in [0.3, 0.4) is 0 Å². The highest BCUT2D eigenvalue weighted by Gasteiger charge is 2.05. The molecule has 0 aliphatic rings. The van der Waals surface area contributed by atoms with Crippen LogP contribution in [-0.4, -0.2) is 24.3 Å². The number of rotatable bonds is 3. The molecule has 4 N–H and O–H groups in total. The molecule has 0 bridgehead atoms. The Kier molecular flexibility index (Phi) is 2.92. The first kappa shape index (κ1) is 11.7. The van der Waals surface area contributed by atoms with Gasteiger partial charge in [-0.1, -0.05) is 11.8 Å². The van der Waals surface area contributed by atoms with Crippen molar-refractivity contribution in [2.45, 2.75) is 10.9 Å². The molecule has 3 aromatic heterocycles. The van der Waals surface area contributed by atoms with E-state index in [1.807, 2.05) is 22.9 Å². The number of fused-ring (bicyclic) bond motifs is 1. The zero-order valence-electron chi connectivity index (χ0n) is 9.89. The van der Waals surface area contributed by atoms with Gasteiger partial charge in [0.05, 0.1) is 5.69 Å². The molecule has 3 rings (SSSR count). The van der Waals surface area contributed by atoms with Gasteiger partial charge in [0.2, 0.25) is 5.78 Å². The molecule has 0 aliphatic heterocycles. The van der Waals surface area contributed by atoms with E-state index in [0.717, 1.165) is 5.69 Å². The molecule has 3 aromatic rings. The highest BCUT2D eigenvalue weighted by atomic mass is 32.2. The molecular weight excluding hydrogens is 262 g/mol. The number of aromatic nitrogens is 5. The minimum Gasteiger partial charge on any atom is -0.383 e. The highest BCUT2D eigenvalue weighted by Crippen LogP contribution is 2.20. The Morgan fingerprint density at radius 1 is 1.16 bits per heavy atom. The lowest BCUT2D eigenvalue weighted by atomic mass is 10.5. The number of nitrogens with zero attached hydrogens (tertiary/aromatic N) is 5. The summed E-state index contributed by atoms with van der Waals surface area (Å²) in [4.78, 5) is 16.7. The maximum atomic E-state index is 5.62. The Bertz CT molecular complexity index is 671. The van der Waals surface area contributed by atoms with E-state index >= 15 is 0 Å². The van der Waals surface area contributed by atoms with Gasteiger partial charge in [-0.2, -0.15) is 0 Å². The second kappa shape index (κ2) is 4.73. The summed E-state index contributed by atoms with van der Waals surface area (Å²) < 4.78 is 1.87. The van der Waals surface area contributed by atoms with Crippen molar-refractivity contribution in [2.24, 2.45) is 0 Å². The Balaban J connectivity index is 1.78. The van der Waals surface area contributed by atoms with Gasteiger partial charge in [-0.15, -0.1) is 0 Å². The Morgan fingerprint density at radius 2 is 1.95 bits per heavy atom. The van der Waals surface area contributed by atoms with Crippen LogP contribution in [0.2, 0.25) is 0 Å². The molecule has 0 aliphatic carbocycles. The van der Waals surface area contributed by atoms with Crippen molar-refractivity contribution in [1.82, 2.24) is 24.3 Å². The lowest BCUT2D eigenvalue weighted by Gasteiger charge is -2.00. The number of nitrogens with two attached hydrogens (primary N) is 2. The van der Waals surface area contributed by atoms with Crippen molar-refractivity contribution in [3.05, 3.63) is 36.4 Å². The molecule has 0 unspecified atom stereocenters. The van der Waals surface area contributed by atoms with E-state index in [1.165, 1.54) is 17.8 Å². The fourth-order valence-corrected chi connectivity index (χ4v) is 2.37. The molecule has 0 fully saturated rings. The maximum Gasteiger partial charge on any atom is 0.233 e. The maximum absolute atomic E-state index is 5.62. The minimum absolute atomic E-state index is 0.367. The minimum atomic E-state index is 0.367. The molecule has 0 saturated heterocycles. The molecule has 8 heteroatoms. The predicted octanol–water partition coefficient (Wildman–Crippen LogP) is 0.976. The zero-order chi connectivity index (χ0) is 13.2. The number of nitrogen functional groups attached to an aromatic ring is 2. The molecule has 0 atom stereocenters. The Hall–Kier alpha value is -2.35. The van der Waals surface area contributed by atoms with E-state index in [9.17, 15) is 0 Å². The monoisotopic (exact) mass is 273 g/mol. The first-order chi connectivity index (χ1) is 9.20. The smallest absolute Gasteiger partial charge is 0.233 e. The van der Waals surface area contributed by atoms with Gasteiger partial charge < -0.3 is 11.5 Å². The van der Waals surface area contributed by atoms with E-state index in [0.29, 0.717) is 28.3 Å². The van der Waals surface area contributed by atoms with Crippen molar-refractivity contribution in [3.63, 3.8) is 0 Å². The molecule has 7 nitrogen and oxygen atoms in total. The summed E-state index contributed by atoms with van der Waals surface area (Å²) in [6.07, 6.45) is 5.53. The van der Waals surface area contributed by atoms with Crippen molar-refractivity contribution in [2.75, 3.05) is 11.5 Å². The first-order valence-electron chi connectivity index (χ1n) is 5.52. The molecular formula is C11H11N7S. The molecule has 0 saturated carbocycles. The topological polar surface area (TPSA) is 108 Å². The van der Waals surface area contributed by atoms with Crippen LogP contribution in [0.5, 0.6) is 0 Å². The first-order valence-corrected chi connectivity index (χ1v) is 6.51. The average Bonchev–Trinajstić information content (AvgIpc) is 2.78. The molecule has 0 amide bonds. The van der Waals surface area contributed by atoms with E-state index in [4.69, 9.17) is 11.5 Å². The van der Waals surface area contributed by atoms with Crippen molar-refractivity contribution >= 4 is 29.2 Å². The second-order valence-corrected chi connectivity index (χ2v) is 4.79. The fraction of sp³-hybridized carbons (Fsp3) is 0.0909. The van der Waals surface area contributed by atoms with Crippen LogP contribution >= 0.6 is 11.8 Å². The normalized spacial score (nSPS) is 10.9. The Labute approximate surface area is 113 Å². The summed E-state index contributed by atoms with van der Waals surface area (Å²) >= 11 is 1.43. The molecule has 3 heterocycles. The van der Waals surface area contributed by atoms with E-state index in [-0.39, 0.29) is 0 Å². The summed E-state index contributed by atoms with van der Waals surface area (Å²) in [7, 11) is 0. The van der Waals surface area contributed by atoms with Gasteiger partial charge >= 0.3 is 0 Å². The number of thioether (sulfide) groups is 1. The van der Waals surface area contributed by atoms with Gasteiger partial charge in [0.15, 0.2) is 5.16 Å². The zero-order valence-corrected chi connectivity index (χ0v) is 10.7. The highest BCUT2D eigenvalue weighted by molar-refractivity contribution is 7.98. The van der Waals surface area contributed by atoms with Gasteiger partial charge in [-0.05, 0) is 6.07 Å². The van der Waals surface area contributed by atoms with Gasteiger partial charge in [0.25, 0.3) is 0 Å². The lowest BCUT2D eigenvalue weighted by Crippen LogP contribution is -1.99. The Morgan fingerprint density at radius 3 is 2.68 bits per heavy atom. The summed E-state index contributed by atoms with van der Waals surface area (Å²) in [5.74, 6) is 2.04. The second-order valence-electron chi connectivity index (χ2n) is 3.85.